The van der Waals surface area contributed by atoms with Crippen LogP contribution in [0.3, 0.4) is 0 Å². The molecule has 0 saturated carbocycles. The number of ether oxygens (including phenoxy) is 1. The molecule has 0 aliphatic heterocycles. The lowest BCUT2D eigenvalue weighted by Crippen LogP contribution is -2.09. The first-order chi connectivity index (χ1) is 7.00. The summed E-state index contributed by atoms with van der Waals surface area (Å²) in [4.78, 5) is 22.2. The van der Waals surface area contributed by atoms with Crippen LogP contribution < -0.4 is 0 Å². The van der Waals surface area contributed by atoms with Crippen LogP contribution in [0.4, 0.5) is 0 Å². The fourth-order valence-corrected chi connectivity index (χ4v) is 1.80. The van der Waals surface area contributed by atoms with Gasteiger partial charge in [0.1, 0.15) is 0 Å². The van der Waals surface area contributed by atoms with Crippen molar-refractivity contribution in [1.82, 2.24) is 0 Å². The molecule has 15 heavy (non-hydrogen) atoms. The van der Waals surface area contributed by atoms with E-state index in [4.69, 9.17) is 0 Å². The molecule has 0 aliphatic carbocycles. The summed E-state index contributed by atoms with van der Waals surface area (Å²) in [6.45, 7) is 1.91. The first-order valence-electron chi connectivity index (χ1n) is 4.40. The number of rotatable bonds is 7. The van der Waals surface area contributed by atoms with E-state index in [0.29, 0.717) is 0 Å². The molecule has 0 aromatic carbocycles. The Morgan fingerprint density at radius 1 is 1.13 bits per heavy atom. The predicted molar refractivity (Wildman–Crippen MR) is 52.5 cm³/mol. The largest absolute Gasteiger partial charge is 0.466 e. The van der Waals surface area contributed by atoms with Crippen molar-refractivity contribution >= 4 is 19.1 Å². The summed E-state index contributed by atoms with van der Waals surface area (Å²) in [5.74, 6) is -0.510. The molecule has 0 aromatic rings. The van der Waals surface area contributed by atoms with Crippen LogP contribution in [0.15, 0.2) is 0 Å². The number of carbonyl (C=O) groups excluding carboxylic acids is 2. The van der Waals surface area contributed by atoms with E-state index >= 15 is 0 Å². The number of hydrogen-bond donors (Lipinski definition) is 0. The van der Waals surface area contributed by atoms with Crippen molar-refractivity contribution in [1.29, 1.82) is 0 Å². The molecule has 0 bridgehead atoms. The molecule has 0 unspecified atom stereocenters. The lowest BCUT2D eigenvalue weighted by atomic mass is 10.3. The second-order valence-electron chi connectivity index (χ2n) is 2.56. The van der Waals surface area contributed by atoms with Crippen molar-refractivity contribution in [2.45, 2.75) is 19.8 Å². The zero-order valence-corrected chi connectivity index (χ0v) is 9.91. The highest BCUT2D eigenvalue weighted by Gasteiger charge is 2.31. The van der Waals surface area contributed by atoms with Gasteiger partial charge in [0.05, 0.1) is 13.0 Å². The van der Waals surface area contributed by atoms with E-state index in [1.54, 1.807) is 6.92 Å². The fourth-order valence-electron chi connectivity index (χ4n) is 0.857. The van der Waals surface area contributed by atoms with Crippen LogP contribution in [0.2, 0.25) is 0 Å². The lowest BCUT2D eigenvalue weighted by molar-refractivity contribution is -0.143. The normalized spacial score (nSPS) is 11.1. The van der Waals surface area contributed by atoms with E-state index < -0.39 is 19.1 Å². The molecule has 0 saturated heterocycles. The predicted octanol–water partition coefficient (Wildman–Crippen LogP) is 1.34. The Hall–Kier alpha value is -0.710. The van der Waals surface area contributed by atoms with E-state index in [2.05, 4.69) is 13.8 Å². The maximum Gasteiger partial charge on any atom is 0.396 e. The minimum atomic E-state index is -3.69. The zero-order valence-electron chi connectivity index (χ0n) is 9.02. The van der Waals surface area contributed by atoms with Crippen molar-refractivity contribution in [2.24, 2.45) is 0 Å². The maximum atomic E-state index is 11.5. The molecule has 0 atom stereocenters. The standard InChI is InChI=1S/C8H15O6P/c1-4-14-7(9)5-6-8(10)15(11,12-2)13-3/h4-6H2,1-3H3. The zero-order chi connectivity index (χ0) is 11.9. The highest BCUT2D eigenvalue weighted by Crippen LogP contribution is 2.48. The van der Waals surface area contributed by atoms with Crippen molar-refractivity contribution < 1.29 is 27.9 Å². The van der Waals surface area contributed by atoms with Crippen LogP contribution in [0, 0.1) is 0 Å². The maximum absolute atomic E-state index is 11.5. The summed E-state index contributed by atoms with van der Waals surface area (Å²) >= 11 is 0. The van der Waals surface area contributed by atoms with E-state index in [-0.39, 0.29) is 19.4 Å². The van der Waals surface area contributed by atoms with Crippen LogP contribution in [0.25, 0.3) is 0 Å². The smallest absolute Gasteiger partial charge is 0.396 e. The molecule has 7 heteroatoms. The minimum absolute atomic E-state index is 0.122. The molecule has 0 aromatic heterocycles. The van der Waals surface area contributed by atoms with Crippen LogP contribution in [-0.2, 0) is 27.9 Å². The number of carbonyl (C=O) groups is 2. The van der Waals surface area contributed by atoms with Gasteiger partial charge in [-0.2, -0.15) is 0 Å². The molecule has 88 valence electrons. The average molecular weight is 238 g/mol. The van der Waals surface area contributed by atoms with E-state index in [9.17, 15) is 14.2 Å². The van der Waals surface area contributed by atoms with Gasteiger partial charge in [-0.1, -0.05) is 0 Å². The molecule has 0 aliphatic rings. The Labute approximate surface area is 88.4 Å². The van der Waals surface area contributed by atoms with Crippen molar-refractivity contribution in [3.63, 3.8) is 0 Å². The third-order valence-electron chi connectivity index (χ3n) is 1.63. The summed E-state index contributed by atoms with van der Waals surface area (Å²) in [6.07, 6.45) is -0.332. The molecule has 0 heterocycles. The van der Waals surface area contributed by atoms with Gasteiger partial charge in [-0.25, -0.2) is 0 Å². The van der Waals surface area contributed by atoms with Gasteiger partial charge in [0.2, 0.25) is 5.52 Å². The Bertz CT molecular complexity index is 266. The SMILES string of the molecule is CCOC(=O)CCC(=O)P(=O)(OC)OC. The summed E-state index contributed by atoms with van der Waals surface area (Å²) in [6, 6.07) is 0. The van der Waals surface area contributed by atoms with Crippen LogP contribution in [-0.4, -0.2) is 32.3 Å². The number of hydrogen-bond acceptors (Lipinski definition) is 6. The molecule has 0 rings (SSSR count). The third-order valence-corrected chi connectivity index (χ3v) is 3.43. The van der Waals surface area contributed by atoms with Gasteiger partial charge in [-0.3, -0.25) is 14.2 Å². The highest BCUT2D eigenvalue weighted by molar-refractivity contribution is 7.71. The molecule has 0 spiro atoms. The molecule has 0 radical (unpaired) electrons. The topological polar surface area (TPSA) is 78.9 Å². The third kappa shape index (κ3) is 4.55. The molecular formula is C8H15O6P. The van der Waals surface area contributed by atoms with Crippen molar-refractivity contribution in [3.05, 3.63) is 0 Å². The van der Waals surface area contributed by atoms with Gasteiger partial charge in [0, 0.05) is 20.6 Å². The molecule has 0 N–H and O–H groups in total. The average Bonchev–Trinajstić information content (AvgIpc) is 2.25. The Kier molecular flexibility index (Phi) is 6.40. The van der Waals surface area contributed by atoms with Crippen LogP contribution >= 0.6 is 7.60 Å². The minimum Gasteiger partial charge on any atom is -0.466 e. The summed E-state index contributed by atoms with van der Waals surface area (Å²) in [7, 11) is -1.46. The Morgan fingerprint density at radius 3 is 2.07 bits per heavy atom. The Morgan fingerprint density at radius 2 is 1.67 bits per heavy atom. The van der Waals surface area contributed by atoms with Gasteiger partial charge < -0.3 is 13.8 Å². The van der Waals surface area contributed by atoms with Gasteiger partial charge in [0.15, 0.2) is 0 Å². The van der Waals surface area contributed by atoms with Gasteiger partial charge in [0.25, 0.3) is 0 Å². The van der Waals surface area contributed by atoms with Crippen molar-refractivity contribution in [2.75, 3.05) is 20.8 Å². The van der Waals surface area contributed by atoms with E-state index in [1.807, 2.05) is 0 Å². The van der Waals surface area contributed by atoms with E-state index in [0.717, 1.165) is 14.2 Å². The highest BCUT2D eigenvalue weighted by atomic mass is 31.2. The Balaban J connectivity index is 4.14. The monoisotopic (exact) mass is 238 g/mol. The first kappa shape index (κ1) is 14.3. The molecule has 0 amide bonds. The second kappa shape index (κ2) is 6.71. The number of esters is 1. The van der Waals surface area contributed by atoms with Gasteiger partial charge >= 0.3 is 13.6 Å². The quantitative estimate of drug-likeness (QED) is 0.492. The molecular weight excluding hydrogens is 223 g/mol. The summed E-state index contributed by atoms with van der Waals surface area (Å²) < 4.78 is 25.0. The van der Waals surface area contributed by atoms with Crippen LogP contribution in [0.1, 0.15) is 19.8 Å². The fraction of sp³-hybridized carbons (Fsp3) is 0.750. The lowest BCUT2D eigenvalue weighted by Gasteiger charge is -2.11. The first-order valence-corrected chi connectivity index (χ1v) is 5.95. The summed E-state index contributed by atoms with van der Waals surface area (Å²) in [5, 5.41) is 0. The van der Waals surface area contributed by atoms with E-state index in [1.165, 1.54) is 0 Å². The van der Waals surface area contributed by atoms with Gasteiger partial charge in [-0.15, -0.1) is 0 Å². The van der Waals surface area contributed by atoms with Crippen molar-refractivity contribution in [3.8, 4) is 0 Å². The molecule has 0 fully saturated rings. The molecule has 6 nitrogen and oxygen atoms in total. The second-order valence-corrected chi connectivity index (χ2v) is 4.79. The van der Waals surface area contributed by atoms with Gasteiger partial charge in [-0.05, 0) is 6.92 Å². The van der Waals surface area contributed by atoms with Crippen LogP contribution in [0.5, 0.6) is 0 Å². The summed E-state index contributed by atoms with van der Waals surface area (Å²) in [5.41, 5.74) is -0.722.